The van der Waals surface area contributed by atoms with E-state index in [9.17, 15) is 9.90 Å². The number of aliphatic hydroxyl groups excluding tert-OH is 1. The Kier molecular flexibility index (Phi) is 5.52. The van der Waals surface area contributed by atoms with Crippen molar-refractivity contribution in [1.82, 2.24) is 0 Å². The molecule has 3 unspecified atom stereocenters. The second-order valence-corrected chi connectivity index (χ2v) is 5.61. The number of ether oxygens (including phenoxy) is 4. The minimum Gasteiger partial charge on any atom is -0.467 e. The van der Waals surface area contributed by atoms with E-state index < -0.39 is 30.1 Å². The first-order chi connectivity index (χ1) is 10.4. The molecule has 2 rings (SSSR count). The highest BCUT2D eigenvalue weighted by atomic mass is 16.8. The van der Waals surface area contributed by atoms with Crippen LogP contribution < -0.4 is 0 Å². The smallest absolute Gasteiger partial charge is 0.337 e. The van der Waals surface area contributed by atoms with Crippen molar-refractivity contribution in [2.75, 3.05) is 13.7 Å². The largest absolute Gasteiger partial charge is 0.467 e. The number of methoxy groups -OCH3 is 1. The molecule has 3 atom stereocenters. The summed E-state index contributed by atoms with van der Waals surface area (Å²) < 4.78 is 21.5. The summed E-state index contributed by atoms with van der Waals surface area (Å²) in [5, 5.41) is 10.0. The Bertz CT molecular complexity index is 487. The summed E-state index contributed by atoms with van der Waals surface area (Å²) in [6.45, 7) is 4.07. The molecule has 1 saturated heterocycles. The Morgan fingerprint density at radius 3 is 2.64 bits per heavy atom. The summed E-state index contributed by atoms with van der Waals surface area (Å²) in [5.41, 5.74) is 1.03. The first-order valence-corrected chi connectivity index (χ1v) is 7.16. The number of aliphatic hydroxyl groups is 1. The summed E-state index contributed by atoms with van der Waals surface area (Å²) in [6.07, 6.45) is -2.77. The van der Waals surface area contributed by atoms with Crippen molar-refractivity contribution in [2.45, 2.75) is 44.6 Å². The Morgan fingerprint density at radius 1 is 1.32 bits per heavy atom. The van der Waals surface area contributed by atoms with Crippen LogP contribution >= 0.6 is 0 Å². The molecule has 1 aromatic rings. The van der Waals surface area contributed by atoms with Gasteiger partial charge in [-0.1, -0.05) is 30.3 Å². The second-order valence-electron chi connectivity index (χ2n) is 5.61. The molecule has 0 amide bonds. The van der Waals surface area contributed by atoms with Crippen molar-refractivity contribution in [3.63, 3.8) is 0 Å². The van der Waals surface area contributed by atoms with Gasteiger partial charge >= 0.3 is 5.97 Å². The molecule has 0 radical (unpaired) electrons. The van der Waals surface area contributed by atoms with Crippen molar-refractivity contribution in [1.29, 1.82) is 0 Å². The van der Waals surface area contributed by atoms with Crippen LogP contribution in [0.3, 0.4) is 0 Å². The number of carbonyl (C=O) groups excluding carboxylic acids is 1. The molecule has 1 aliphatic rings. The predicted molar refractivity (Wildman–Crippen MR) is 77.9 cm³/mol. The lowest BCUT2D eigenvalue weighted by Crippen LogP contribution is -2.43. The minimum atomic E-state index is -1.41. The number of benzene rings is 1. The molecular weight excluding hydrogens is 288 g/mol. The van der Waals surface area contributed by atoms with E-state index in [1.54, 1.807) is 13.8 Å². The van der Waals surface area contributed by atoms with Gasteiger partial charge in [-0.25, -0.2) is 4.79 Å². The van der Waals surface area contributed by atoms with Gasteiger partial charge in [0.25, 0.3) is 0 Å². The van der Waals surface area contributed by atoms with Crippen LogP contribution in [0.25, 0.3) is 0 Å². The van der Waals surface area contributed by atoms with Crippen molar-refractivity contribution in [3.05, 3.63) is 35.9 Å². The molecule has 0 saturated carbocycles. The third-order valence-corrected chi connectivity index (χ3v) is 3.37. The molecule has 1 aromatic carbocycles. The number of hydrogen-bond donors (Lipinski definition) is 1. The first kappa shape index (κ1) is 16.9. The summed E-state index contributed by atoms with van der Waals surface area (Å²) in [6, 6.07) is 9.71. The van der Waals surface area contributed by atoms with Crippen molar-refractivity contribution < 1.29 is 28.8 Å². The Labute approximate surface area is 129 Å². The van der Waals surface area contributed by atoms with Gasteiger partial charge in [0.05, 0.1) is 20.3 Å². The highest BCUT2D eigenvalue weighted by Crippen LogP contribution is 2.30. The second kappa shape index (κ2) is 7.19. The molecule has 1 N–H and O–H groups in total. The van der Waals surface area contributed by atoms with E-state index in [0.29, 0.717) is 6.61 Å². The lowest BCUT2D eigenvalue weighted by Gasteiger charge is -2.20. The van der Waals surface area contributed by atoms with E-state index in [1.807, 2.05) is 30.3 Å². The number of rotatable bonds is 6. The van der Waals surface area contributed by atoms with Crippen molar-refractivity contribution in [3.8, 4) is 0 Å². The fraction of sp³-hybridized carbons (Fsp3) is 0.562. The van der Waals surface area contributed by atoms with E-state index >= 15 is 0 Å². The van der Waals surface area contributed by atoms with Crippen LogP contribution in [0.5, 0.6) is 0 Å². The topological polar surface area (TPSA) is 74.2 Å². The quantitative estimate of drug-likeness (QED) is 0.797. The average molecular weight is 310 g/mol. The summed E-state index contributed by atoms with van der Waals surface area (Å²) in [4.78, 5) is 11.5. The standard InChI is InChI=1S/C16H22O6/c1-16(2)21-12(14(22-16)13(17)15(18)19-3)10-20-9-11-7-5-4-6-8-11/h4-8,12-14,17H,9-10H2,1-3H3. The summed E-state index contributed by atoms with van der Waals surface area (Å²) in [5.74, 6) is -1.64. The van der Waals surface area contributed by atoms with Gasteiger partial charge in [0.2, 0.25) is 0 Å². The third kappa shape index (κ3) is 4.27. The lowest BCUT2D eigenvalue weighted by atomic mass is 10.1. The molecule has 6 heteroatoms. The summed E-state index contributed by atoms with van der Waals surface area (Å²) in [7, 11) is 1.22. The lowest BCUT2D eigenvalue weighted by molar-refractivity contribution is -0.171. The zero-order valence-corrected chi connectivity index (χ0v) is 13.0. The van der Waals surface area contributed by atoms with Gasteiger partial charge in [-0.3, -0.25) is 0 Å². The number of hydrogen-bond acceptors (Lipinski definition) is 6. The molecule has 1 heterocycles. The molecular formula is C16H22O6. The zero-order chi connectivity index (χ0) is 16.2. The molecule has 1 aliphatic heterocycles. The predicted octanol–water partition coefficient (Wildman–Crippen LogP) is 1.26. The van der Waals surface area contributed by atoms with Crippen LogP contribution in [0.15, 0.2) is 30.3 Å². The normalized spacial score (nSPS) is 24.9. The summed E-state index contributed by atoms with van der Waals surface area (Å²) >= 11 is 0. The molecule has 1 fully saturated rings. The minimum absolute atomic E-state index is 0.205. The Balaban J connectivity index is 1.93. The maximum atomic E-state index is 11.5. The Hall–Kier alpha value is -1.47. The SMILES string of the molecule is COC(=O)C(O)C1OC(C)(C)OC1COCc1ccccc1. The van der Waals surface area contributed by atoms with E-state index in [1.165, 1.54) is 7.11 Å². The monoisotopic (exact) mass is 310 g/mol. The molecule has 6 nitrogen and oxygen atoms in total. The average Bonchev–Trinajstić information content (AvgIpc) is 2.81. The first-order valence-electron chi connectivity index (χ1n) is 7.16. The van der Waals surface area contributed by atoms with Crippen LogP contribution in [-0.2, 0) is 30.3 Å². The molecule has 0 spiro atoms. The molecule has 0 aliphatic carbocycles. The van der Waals surface area contributed by atoms with Gasteiger partial charge in [0.1, 0.15) is 12.2 Å². The molecule has 0 aromatic heterocycles. The number of esters is 1. The zero-order valence-electron chi connectivity index (χ0n) is 13.0. The fourth-order valence-corrected chi connectivity index (χ4v) is 2.38. The van der Waals surface area contributed by atoms with Crippen LogP contribution in [-0.4, -0.2) is 48.9 Å². The van der Waals surface area contributed by atoms with E-state index in [2.05, 4.69) is 4.74 Å². The van der Waals surface area contributed by atoms with Gasteiger partial charge in [0.15, 0.2) is 11.9 Å². The van der Waals surface area contributed by atoms with Crippen LogP contribution in [0.4, 0.5) is 0 Å². The highest BCUT2D eigenvalue weighted by Gasteiger charge is 2.47. The maximum Gasteiger partial charge on any atom is 0.337 e. The fourth-order valence-electron chi connectivity index (χ4n) is 2.38. The van der Waals surface area contributed by atoms with Gasteiger partial charge in [0, 0.05) is 0 Å². The van der Waals surface area contributed by atoms with Gasteiger partial charge in [-0.15, -0.1) is 0 Å². The van der Waals surface area contributed by atoms with Crippen molar-refractivity contribution >= 4 is 5.97 Å². The van der Waals surface area contributed by atoms with E-state index in [-0.39, 0.29) is 6.61 Å². The number of carbonyl (C=O) groups is 1. The molecule has 122 valence electrons. The highest BCUT2D eigenvalue weighted by molar-refractivity contribution is 5.75. The van der Waals surface area contributed by atoms with Crippen LogP contribution in [0, 0.1) is 0 Å². The van der Waals surface area contributed by atoms with E-state index in [4.69, 9.17) is 14.2 Å². The maximum absolute atomic E-state index is 11.5. The van der Waals surface area contributed by atoms with E-state index in [0.717, 1.165) is 5.56 Å². The van der Waals surface area contributed by atoms with Gasteiger partial charge < -0.3 is 24.1 Å². The molecule has 22 heavy (non-hydrogen) atoms. The van der Waals surface area contributed by atoms with Crippen LogP contribution in [0.2, 0.25) is 0 Å². The van der Waals surface area contributed by atoms with Crippen LogP contribution in [0.1, 0.15) is 19.4 Å². The van der Waals surface area contributed by atoms with Gasteiger partial charge in [-0.05, 0) is 19.4 Å². The molecule has 0 bridgehead atoms. The van der Waals surface area contributed by atoms with Crippen molar-refractivity contribution in [2.24, 2.45) is 0 Å². The Morgan fingerprint density at radius 2 is 2.00 bits per heavy atom. The third-order valence-electron chi connectivity index (χ3n) is 3.37. The van der Waals surface area contributed by atoms with Gasteiger partial charge in [-0.2, -0.15) is 0 Å².